The van der Waals surface area contributed by atoms with E-state index in [4.69, 9.17) is 5.73 Å². The molecular formula is C17H37N5O. The van der Waals surface area contributed by atoms with Gasteiger partial charge in [-0.1, -0.05) is 18.6 Å². The van der Waals surface area contributed by atoms with Gasteiger partial charge in [-0.2, -0.15) is 0 Å². The second kappa shape index (κ2) is 13.5. The van der Waals surface area contributed by atoms with Gasteiger partial charge in [0.25, 0.3) is 0 Å². The summed E-state index contributed by atoms with van der Waals surface area (Å²) in [6.07, 6.45) is 3.86. The van der Waals surface area contributed by atoms with Gasteiger partial charge in [0, 0.05) is 39.3 Å². The summed E-state index contributed by atoms with van der Waals surface area (Å²) in [5, 5.41) is 6.14. The molecule has 1 unspecified atom stereocenters. The highest BCUT2D eigenvalue weighted by Crippen LogP contribution is 2.09. The first-order valence-electron chi connectivity index (χ1n) is 8.64. The van der Waals surface area contributed by atoms with Crippen LogP contribution in [0.3, 0.4) is 0 Å². The van der Waals surface area contributed by atoms with Gasteiger partial charge < -0.3 is 26.2 Å². The van der Waals surface area contributed by atoms with Crippen LogP contribution in [0.5, 0.6) is 0 Å². The second-order valence-corrected chi connectivity index (χ2v) is 6.03. The number of nitrogens with zero attached hydrogens (tertiary/aromatic N) is 2. The van der Waals surface area contributed by atoms with Gasteiger partial charge in [0.2, 0.25) is 5.91 Å². The van der Waals surface area contributed by atoms with Crippen LogP contribution in [-0.2, 0) is 4.79 Å². The first-order chi connectivity index (χ1) is 11.0. The lowest BCUT2D eigenvalue weighted by Crippen LogP contribution is -2.45. The van der Waals surface area contributed by atoms with Crippen molar-refractivity contribution in [1.82, 2.24) is 20.4 Å². The average Bonchev–Trinajstić information content (AvgIpc) is 2.54. The van der Waals surface area contributed by atoms with E-state index in [1.54, 1.807) is 0 Å². The Labute approximate surface area is 142 Å². The van der Waals surface area contributed by atoms with Crippen LogP contribution in [0.15, 0.2) is 11.6 Å². The fourth-order valence-corrected chi connectivity index (χ4v) is 2.33. The standard InChI is InChI=1S/C17H37N5O/c1-6-15(7-2)14-16(19-3)17(23)20-9-11-22(5)13-12-21(4)10-8-18/h6,16,19H,7-14,18H2,1-5H3,(H,20,23)/b15-6+. The Morgan fingerprint density at radius 3 is 2.26 bits per heavy atom. The van der Waals surface area contributed by atoms with Crippen molar-refractivity contribution in [1.29, 1.82) is 0 Å². The third-order valence-electron chi connectivity index (χ3n) is 4.16. The van der Waals surface area contributed by atoms with Gasteiger partial charge in [0.1, 0.15) is 0 Å². The first-order valence-corrected chi connectivity index (χ1v) is 8.64. The van der Waals surface area contributed by atoms with Crippen molar-refractivity contribution in [2.75, 3.05) is 60.4 Å². The van der Waals surface area contributed by atoms with Crippen LogP contribution in [0.25, 0.3) is 0 Å². The van der Waals surface area contributed by atoms with E-state index in [0.29, 0.717) is 13.1 Å². The lowest BCUT2D eigenvalue weighted by molar-refractivity contribution is -0.123. The topological polar surface area (TPSA) is 73.6 Å². The summed E-state index contributed by atoms with van der Waals surface area (Å²) < 4.78 is 0. The molecule has 0 bridgehead atoms. The van der Waals surface area contributed by atoms with Crippen LogP contribution in [0, 0.1) is 0 Å². The Bertz CT molecular complexity index is 346. The van der Waals surface area contributed by atoms with Crippen LogP contribution in [0.2, 0.25) is 0 Å². The van der Waals surface area contributed by atoms with Crippen molar-refractivity contribution in [2.24, 2.45) is 5.73 Å². The Morgan fingerprint density at radius 1 is 1.17 bits per heavy atom. The highest BCUT2D eigenvalue weighted by molar-refractivity contribution is 5.82. The number of hydrogen-bond acceptors (Lipinski definition) is 5. The molecule has 0 aliphatic heterocycles. The first kappa shape index (κ1) is 22.1. The summed E-state index contributed by atoms with van der Waals surface area (Å²) in [7, 11) is 5.99. The molecule has 0 rings (SSSR count). The number of nitrogens with one attached hydrogen (secondary N) is 2. The third-order valence-corrected chi connectivity index (χ3v) is 4.16. The van der Waals surface area contributed by atoms with E-state index in [2.05, 4.69) is 47.5 Å². The summed E-state index contributed by atoms with van der Waals surface area (Å²) in [4.78, 5) is 16.7. The number of rotatable bonds is 13. The minimum Gasteiger partial charge on any atom is -0.353 e. The summed E-state index contributed by atoms with van der Waals surface area (Å²) in [5.41, 5.74) is 6.84. The zero-order valence-corrected chi connectivity index (χ0v) is 15.7. The van der Waals surface area contributed by atoms with Crippen LogP contribution >= 0.6 is 0 Å². The van der Waals surface area contributed by atoms with Crippen LogP contribution in [0.1, 0.15) is 26.7 Å². The molecule has 0 aliphatic rings. The van der Waals surface area contributed by atoms with E-state index in [1.807, 2.05) is 14.0 Å². The molecule has 0 aliphatic carbocycles. The van der Waals surface area contributed by atoms with E-state index < -0.39 is 0 Å². The molecule has 0 aromatic carbocycles. The Hall–Kier alpha value is -0.950. The zero-order valence-electron chi connectivity index (χ0n) is 15.7. The van der Waals surface area contributed by atoms with Gasteiger partial charge in [-0.05, 0) is 40.9 Å². The molecule has 0 saturated heterocycles. The highest BCUT2D eigenvalue weighted by atomic mass is 16.2. The predicted octanol–water partition coefficient (Wildman–Crippen LogP) is 0.259. The van der Waals surface area contributed by atoms with Crippen molar-refractivity contribution in [3.8, 4) is 0 Å². The predicted molar refractivity (Wildman–Crippen MR) is 98.6 cm³/mol. The number of nitrogens with two attached hydrogens (primary N) is 1. The maximum absolute atomic E-state index is 12.2. The molecule has 0 aromatic rings. The van der Waals surface area contributed by atoms with Crippen molar-refractivity contribution < 1.29 is 4.79 Å². The number of carbonyl (C=O) groups is 1. The van der Waals surface area contributed by atoms with Crippen LogP contribution in [-0.4, -0.2) is 82.2 Å². The zero-order chi connectivity index (χ0) is 17.7. The molecule has 0 saturated carbocycles. The van der Waals surface area contributed by atoms with Crippen LogP contribution in [0.4, 0.5) is 0 Å². The number of amides is 1. The quantitative estimate of drug-likeness (QED) is 0.423. The molecule has 23 heavy (non-hydrogen) atoms. The number of allylic oxidation sites excluding steroid dienone is 1. The Balaban J connectivity index is 4.02. The van der Waals surface area contributed by atoms with E-state index >= 15 is 0 Å². The van der Waals surface area contributed by atoms with Crippen molar-refractivity contribution in [3.05, 3.63) is 11.6 Å². The largest absolute Gasteiger partial charge is 0.353 e. The molecule has 0 spiro atoms. The van der Waals surface area contributed by atoms with Gasteiger partial charge in [-0.3, -0.25) is 4.79 Å². The molecule has 136 valence electrons. The number of likely N-dealkylation sites (N-methyl/N-ethyl adjacent to an activating group) is 3. The molecule has 6 nitrogen and oxygen atoms in total. The fourth-order valence-electron chi connectivity index (χ4n) is 2.33. The molecule has 1 amide bonds. The minimum atomic E-state index is -0.151. The van der Waals surface area contributed by atoms with Crippen molar-refractivity contribution in [3.63, 3.8) is 0 Å². The van der Waals surface area contributed by atoms with Gasteiger partial charge in [0.05, 0.1) is 6.04 Å². The highest BCUT2D eigenvalue weighted by Gasteiger charge is 2.16. The summed E-state index contributed by atoms with van der Waals surface area (Å²) in [6.45, 7) is 9.24. The monoisotopic (exact) mass is 327 g/mol. The Kier molecular flexibility index (Phi) is 12.9. The van der Waals surface area contributed by atoms with E-state index in [0.717, 1.165) is 39.0 Å². The minimum absolute atomic E-state index is 0.0777. The molecule has 0 aromatic heterocycles. The van der Waals surface area contributed by atoms with E-state index in [1.165, 1.54) is 5.57 Å². The average molecular weight is 328 g/mol. The smallest absolute Gasteiger partial charge is 0.237 e. The van der Waals surface area contributed by atoms with E-state index in [-0.39, 0.29) is 11.9 Å². The lowest BCUT2D eigenvalue weighted by atomic mass is 10.0. The molecule has 0 radical (unpaired) electrons. The third kappa shape index (κ3) is 10.4. The fraction of sp³-hybridized carbons (Fsp3) is 0.824. The maximum Gasteiger partial charge on any atom is 0.237 e. The van der Waals surface area contributed by atoms with Crippen molar-refractivity contribution in [2.45, 2.75) is 32.7 Å². The van der Waals surface area contributed by atoms with E-state index in [9.17, 15) is 4.79 Å². The summed E-state index contributed by atoms with van der Waals surface area (Å²) >= 11 is 0. The normalized spacial score (nSPS) is 13.7. The molecule has 0 fully saturated rings. The van der Waals surface area contributed by atoms with Gasteiger partial charge in [0.15, 0.2) is 0 Å². The molecule has 0 heterocycles. The Morgan fingerprint density at radius 2 is 1.78 bits per heavy atom. The summed E-state index contributed by atoms with van der Waals surface area (Å²) in [6, 6.07) is -0.151. The summed E-state index contributed by atoms with van der Waals surface area (Å²) in [5.74, 6) is 0.0777. The molecule has 6 heteroatoms. The lowest BCUT2D eigenvalue weighted by Gasteiger charge is -2.22. The molecule has 4 N–H and O–H groups in total. The number of hydrogen-bond donors (Lipinski definition) is 3. The molecular weight excluding hydrogens is 290 g/mol. The molecule has 1 atom stereocenters. The SMILES string of the molecule is C/C=C(\CC)CC(NC)C(=O)NCCN(C)CCN(C)CCN. The van der Waals surface area contributed by atoms with Gasteiger partial charge in [-0.25, -0.2) is 0 Å². The maximum atomic E-state index is 12.2. The number of carbonyl (C=O) groups excluding carboxylic acids is 1. The van der Waals surface area contributed by atoms with Gasteiger partial charge >= 0.3 is 0 Å². The van der Waals surface area contributed by atoms with Gasteiger partial charge in [-0.15, -0.1) is 0 Å². The van der Waals surface area contributed by atoms with Crippen molar-refractivity contribution >= 4 is 5.91 Å². The second-order valence-electron chi connectivity index (χ2n) is 6.03. The van der Waals surface area contributed by atoms with Crippen LogP contribution < -0.4 is 16.4 Å².